The van der Waals surface area contributed by atoms with Gasteiger partial charge in [-0.3, -0.25) is 9.30 Å². The molecule has 3 heterocycles. The number of halogens is 1. The van der Waals surface area contributed by atoms with Gasteiger partial charge in [0.25, 0.3) is 0 Å². The molecule has 0 unspecified atom stereocenters. The van der Waals surface area contributed by atoms with Gasteiger partial charge in [0.1, 0.15) is 5.82 Å². The third kappa shape index (κ3) is 3.14. The van der Waals surface area contributed by atoms with Crippen LogP contribution in [0.3, 0.4) is 0 Å². The molecule has 0 saturated carbocycles. The maximum atomic E-state index is 13.1. The molecule has 3 aromatic rings. The molecular weight excluding hydrogens is 311 g/mol. The van der Waals surface area contributed by atoms with Crippen LogP contribution in [0, 0.1) is 5.82 Å². The van der Waals surface area contributed by atoms with Crippen LogP contribution in [0.1, 0.15) is 30.6 Å². The number of likely N-dealkylation sites (tertiary alicyclic amines) is 1. The molecule has 0 amide bonds. The number of rotatable bonds is 3. The number of nitrogens with zero attached hydrogens (tertiary/aromatic N) is 4. The van der Waals surface area contributed by atoms with Crippen molar-refractivity contribution >= 4 is 16.3 Å². The van der Waals surface area contributed by atoms with Gasteiger partial charge in [-0.1, -0.05) is 24.2 Å². The quantitative estimate of drug-likeness (QED) is 0.728. The smallest absolute Gasteiger partial charge is 0.216 e. The van der Waals surface area contributed by atoms with Gasteiger partial charge in [-0.15, -0.1) is 10.2 Å². The number of aromatic nitrogens is 3. The average Bonchev–Trinajstić information content (AvgIpc) is 3.00. The Bertz CT molecular complexity index is 785. The van der Waals surface area contributed by atoms with Crippen molar-refractivity contribution < 1.29 is 4.39 Å². The lowest BCUT2D eigenvalue weighted by atomic mass is 10.2. The number of hydrogen-bond acceptors (Lipinski definition) is 4. The Morgan fingerprint density at radius 3 is 2.48 bits per heavy atom. The summed E-state index contributed by atoms with van der Waals surface area (Å²) in [5.74, 6) is 0.542. The van der Waals surface area contributed by atoms with Gasteiger partial charge >= 0.3 is 0 Å². The largest absolute Gasteiger partial charge is 0.298 e. The van der Waals surface area contributed by atoms with Crippen LogP contribution in [0.25, 0.3) is 16.3 Å². The van der Waals surface area contributed by atoms with Crippen LogP contribution in [-0.2, 0) is 6.54 Å². The Hall–Kier alpha value is -1.79. The standard InChI is InChI=1S/C17H19FN4S/c18-14-7-5-13(6-8-14)16-19-20-17-22(16)12-15(23-17)11-21-9-3-1-2-4-10-21/h5-8,12H,1-4,9-11H2. The molecule has 0 spiro atoms. The van der Waals surface area contributed by atoms with E-state index in [1.54, 1.807) is 23.5 Å². The lowest BCUT2D eigenvalue weighted by Gasteiger charge is -2.18. The summed E-state index contributed by atoms with van der Waals surface area (Å²) in [7, 11) is 0. The van der Waals surface area contributed by atoms with E-state index in [2.05, 4.69) is 21.3 Å². The van der Waals surface area contributed by atoms with Crippen LogP contribution in [0.2, 0.25) is 0 Å². The first kappa shape index (κ1) is 14.8. The number of thiazole rings is 1. The fourth-order valence-electron chi connectivity index (χ4n) is 3.13. The summed E-state index contributed by atoms with van der Waals surface area (Å²) in [6, 6.07) is 6.41. The lowest BCUT2D eigenvalue weighted by Crippen LogP contribution is -2.23. The second kappa shape index (κ2) is 6.37. The lowest BCUT2D eigenvalue weighted by molar-refractivity contribution is 0.279. The Morgan fingerprint density at radius 2 is 1.74 bits per heavy atom. The predicted molar refractivity (Wildman–Crippen MR) is 90.0 cm³/mol. The van der Waals surface area contributed by atoms with Crippen molar-refractivity contribution in [1.29, 1.82) is 0 Å². The molecule has 2 aromatic heterocycles. The Morgan fingerprint density at radius 1 is 1.00 bits per heavy atom. The van der Waals surface area contributed by atoms with Gasteiger partial charge in [0.05, 0.1) is 0 Å². The van der Waals surface area contributed by atoms with Crippen molar-refractivity contribution in [3.05, 3.63) is 41.2 Å². The minimum Gasteiger partial charge on any atom is -0.298 e. The first-order chi connectivity index (χ1) is 11.3. The normalized spacial score (nSPS) is 16.7. The molecule has 0 N–H and O–H groups in total. The topological polar surface area (TPSA) is 33.4 Å². The molecule has 0 atom stereocenters. The van der Waals surface area contributed by atoms with Crippen LogP contribution in [0.15, 0.2) is 30.5 Å². The molecule has 120 valence electrons. The van der Waals surface area contributed by atoms with Gasteiger partial charge in [-0.25, -0.2) is 4.39 Å². The molecule has 23 heavy (non-hydrogen) atoms. The zero-order chi connectivity index (χ0) is 15.6. The van der Waals surface area contributed by atoms with Crippen LogP contribution >= 0.6 is 11.3 Å². The fraction of sp³-hybridized carbons (Fsp3) is 0.412. The van der Waals surface area contributed by atoms with Crippen LogP contribution in [0.4, 0.5) is 4.39 Å². The van der Waals surface area contributed by atoms with Gasteiger partial charge in [-0.2, -0.15) is 0 Å². The zero-order valence-electron chi connectivity index (χ0n) is 12.9. The maximum absolute atomic E-state index is 13.1. The Kier molecular flexibility index (Phi) is 4.10. The number of fused-ring (bicyclic) bond motifs is 1. The van der Waals surface area contributed by atoms with Gasteiger partial charge in [0.15, 0.2) is 5.82 Å². The highest BCUT2D eigenvalue weighted by Gasteiger charge is 2.15. The highest BCUT2D eigenvalue weighted by atomic mass is 32.1. The molecule has 4 rings (SSSR count). The molecule has 0 aliphatic carbocycles. The first-order valence-corrected chi connectivity index (χ1v) is 8.93. The third-order valence-corrected chi connectivity index (χ3v) is 5.30. The SMILES string of the molecule is Fc1ccc(-c2nnc3sc(CN4CCCCCC4)cn23)cc1. The van der Waals surface area contributed by atoms with Gasteiger partial charge in [0, 0.05) is 23.2 Å². The Balaban J connectivity index is 1.60. The maximum Gasteiger partial charge on any atom is 0.216 e. The highest BCUT2D eigenvalue weighted by Crippen LogP contribution is 2.25. The van der Waals surface area contributed by atoms with E-state index in [1.807, 2.05) is 4.40 Å². The van der Waals surface area contributed by atoms with E-state index in [0.29, 0.717) is 0 Å². The van der Waals surface area contributed by atoms with E-state index in [9.17, 15) is 4.39 Å². The third-order valence-electron chi connectivity index (χ3n) is 4.34. The second-order valence-corrected chi connectivity index (χ2v) is 7.16. The van der Waals surface area contributed by atoms with Crippen molar-refractivity contribution in [3.8, 4) is 11.4 Å². The minimum absolute atomic E-state index is 0.235. The van der Waals surface area contributed by atoms with Crippen LogP contribution < -0.4 is 0 Å². The molecule has 6 heteroatoms. The minimum atomic E-state index is -0.235. The van der Waals surface area contributed by atoms with Gasteiger partial charge in [0.2, 0.25) is 4.96 Å². The monoisotopic (exact) mass is 330 g/mol. The van der Waals surface area contributed by atoms with Crippen molar-refractivity contribution in [2.24, 2.45) is 0 Å². The molecule has 1 aromatic carbocycles. The van der Waals surface area contributed by atoms with Crippen molar-refractivity contribution in [2.75, 3.05) is 13.1 Å². The predicted octanol–water partition coefficient (Wildman–Crippen LogP) is 3.97. The fourth-order valence-corrected chi connectivity index (χ4v) is 4.09. The average molecular weight is 330 g/mol. The summed E-state index contributed by atoms with van der Waals surface area (Å²) in [5, 5.41) is 8.51. The van der Waals surface area contributed by atoms with Crippen molar-refractivity contribution in [3.63, 3.8) is 0 Å². The van der Waals surface area contributed by atoms with E-state index in [-0.39, 0.29) is 5.82 Å². The first-order valence-electron chi connectivity index (χ1n) is 8.11. The van der Waals surface area contributed by atoms with Gasteiger partial charge in [-0.05, 0) is 50.2 Å². The molecule has 1 saturated heterocycles. The summed E-state index contributed by atoms with van der Waals surface area (Å²) < 4.78 is 15.1. The van der Waals surface area contributed by atoms with Gasteiger partial charge < -0.3 is 0 Å². The Labute approximate surface area is 138 Å². The molecule has 0 bridgehead atoms. The molecule has 1 aliphatic heterocycles. The zero-order valence-corrected chi connectivity index (χ0v) is 13.7. The van der Waals surface area contributed by atoms with Crippen molar-refractivity contribution in [2.45, 2.75) is 32.2 Å². The van der Waals surface area contributed by atoms with E-state index in [0.717, 1.165) is 22.9 Å². The molecule has 4 nitrogen and oxygen atoms in total. The summed E-state index contributed by atoms with van der Waals surface area (Å²) in [4.78, 5) is 4.73. The molecular formula is C17H19FN4S. The summed E-state index contributed by atoms with van der Waals surface area (Å²) in [5.41, 5.74) is 0.887. The van der Waals surface area contributed by atoms with Crippen LogP contribution in [0.5, 0.6) is 0 Å². The summed E-state index contributed by atoms with van der Waals surface area (Å²) >= 11 is 1.69. The van der Waals surface area contributed by atoms with E-state index < -0.39 is 0 Å². The summed E-state index contributed by atoms with van der Waals surface area (Å²) in [6.45, 7) is 3.35. The number of benzene rings is 1. The highest BCUT2D eigenvalue weighted by molar-refractivity contribution is 7.17. The molecule has 1 aliphatic rings. The summed E-state index contributed by atoms with van der Waals surface area (Å²) in [6.07, 6.45) is 7.42. The molecule has 0 radical (unpaired) electrons. The van der Waals surface area contributed by atoms with E-state index >= 15 is 0 Å². The van der Waals surface area contributed by atoms with Crippen molar-refractivity contribution in [1.82, 2.24) is 19.5 Å². The van der Waals surface area contributed by atoms with E-state index in [1.165, 1.54) is 55.8 Å². The van der Waals surface area contributed by atoms with E-state index in [4.69, 9.17) is 0 Å². The van der Waals surface area contributed by atoms with Crippen LogP contribution in [-0.4, -0.2) is 32.6 Å². The second-order valence-electron chi connectivity index (χ2n) is 6.07. The number of hydrogen-bond donors (Lipinski definition) is 0. The molecule has 1 fully saturated rings.